The van der Waals surface area contributed by atoms with Gasteiger partial charge < -0.3 is 20.9 Å². The maximum atomic E-state index is 13.6. The second-order valence-electron chi connectivity index (χ2n) is 10.8. The summed E-state index contributed by atoms with van der Waals surface area (Å²) in [5.41, 5.74) is 8.03. The van der Waals surface area contributed by atoms with Crippen LogP contribution in [0.1, 0.15) is 82.3 Å². The van der Waals surface area contributed by atoms with E-state index in [0.717, 1.165) is 49.8 Å². The van der Waals surface area contributed by atoms with Crippen LogP contribution in [-0.2, 0) is 15.3 Å². The van der Waals surface area contributed by atoms with E-state index in [2.05, 4.69) is 36.6 Å². The van der Waals surface area contributed by atoms with Crippen molar-refractivity contribution < 1.29 is 14.6 Å². The van der Waals surface area contributed by atoms with Crippen molar-refractivity contribution in [2.45, 2.75) is 89.1 Å². The zero-order chi connectivity index (χ0) is 26.4. The number of carbonyl (C=O) groups is 1. The third-order valence-electron chi connectivity index (χ3n) is 8.02. The molecule has 4 rings (SSSR count). The van der Waals surface area contributed by atoms with Crippen molar-refractivity contribution in [3.8, 4) is 0 Å². The first-order valence-corrected chi connectivity index (χ1v) is 14.2. The summed E-state index contributed by atoms with van der Waals surface area (Å²) in [6, 6.07) is 15.5. The van der Waals surface area contributed by atoms with Crippen LogP contribution >= 0.6 is 11.6 Å². The molecule has 0 radical (unpaired) electrons. The Morgan fingerprint density at radius 3 is 2.59 bits per heavy atom. The molecule has 6 atom stereocenters. The average molecular weight is 528 g/mol. The number of epoxide rings is 1. The first kappa shape index (κ1) is 28.1. The molecule has 3 unspecified atom stereocenters. The van der Waals surface area contributed by atoms with Crippen LogP contribution in [0.3, 0.4) is 0 Å². The molecular weight excluding hydrogens is 486 g/mol. The van der Waals surface area contributed by atoms with Gasteiger partial charge in [0.15, 0.2) is 5.72 Å². The van der Waals surface area contributed by atoms with Gasteiger partial charge in [0, 0.05) is 28.2 Å². The highest BCUT2D eigenvalue weighted by molar-refractivity contribution is 6.30. The normalized spacial score (nSPS) is 26.9. The van der Waals surface area contributed by atoms with Crippen LogP contribution < -0.4 is 16.4 Å². The minimum absolute atomic E-state index is 0.0592. The quantitative estimate of drug-likeness (QED) is 0.204. The molecule has 5 N–H and O–H groups in total. The molecular formula is C30H42ClN3O3. The lowest BCUT2D eigenvalue weighted by Gasteiger charge is -2.36. The van der Waals surface area contributed by atoms with Crippen molar-refractivity contribution in [3.05, 3.63) is 64.7 Å². The number of aliphatic hydroxyl groups is 1. The van der Waals surface area contributed by atoms with E-state index in [1.54, 1.807) is 0 Å². The Balaban J connectivity index is 1.48. The van der Waals surface area contributed by atoms with Crippen LogP contribution in [0, 0.1) is 11.8 Å². The topological polar surface area (TPSA) is 99.9 Å². The van der Waals surface area contributed by atoms with E-state index >= 15 is 0 Å². The van der Waals surface area contributed by atoms with Gasteiger partial charge in [-0.25, -0.2) is 0 Å². The SMILES string of the molecule is CCCC[C@H](NC1(c2cccc(NC(=O)[C@H]3CCC(CCC)C[C@@H]3c3ccc(Cl)cc3)c2)CO1)C(N)O. The van der Waals surface area contributed by atoms with Crippen molar-refractivity contribution in [2.24, 2.45) is 17.6 Å². The van der Waals surface area contributed by atoms with E-state index in [-0.39, 0.29) is 23.8 Å². The maximum absolute atomic E-state index is 13.6. The van der Waals surface area contributed by atoms with Gasteiger partial charge in [0.2, 0.25) is 5.91 Å². The van der Waals surface area contributed by atoms with Crippen LogP contribution in [0.25, 0.3) is 0 Å². The lowest BCUT2D eigenvalue weighted by Crippen LogP contribution is -2.50. The van der Waals surface area contributed by atoms with Crippen molar-refractivity contribution in [1.82, 2.24) is 5.32 Å². The number of unbranched alkanes of at least 4 members (excludes halogenated alkanes) is 1. The molecule has 2 aliphatic rings. The number of amides is 1. The fourth-order valence-electron chi connectivity index (χ4n) is 5.86. The van der Waals surface area contributed by atoms with Gasteiger partial charge in [-0.2, -0.15) is 0 Å². The summed E-state index contributed by atoms with van der Waals surface area (Å²) >= 11 is 6.15. The molecule has 1 amide bonds. The van der Waals surface area contributed by atoms with E-state index in [1.165, 1.54) is 18.4 Å². The number of benzene rings is 2. The number of halogens is 1. The first-order valence-electron chi connectivity index (χ1n) is 13.9. The summed E-state index contributed by atoms with van der Waals surface area (Å²) in [6.45, 7) is 4.84. The van der Waals surface area contributed by atoms with E-state index in [4.69, 9.17) is 22.1 Å². The highest BCUT2D eigenvalue weighted by atomic mass is 35.5. The van der Waals surface area contributed by atoms with Crippen LogP contribution in [-0.4, -0.2) is 29.9 Å². The van der Waals surface area contributed by atoms with Crippen molar-refractivity contribution in [3.63, 3.8) is 0 Å². The van der Waals surface area contributed by atoms with Gasteiger partial charge >= 0.3 is 0 Å². The van der Waals surface area contributed by atoms with Crippen molar-refractivity contribution >= 4 is 23.2 Å². The highest BCUT2D eigenvalue weighted by Crippen LogP contribution is 2.43. The minimum Gasteiger partial charge on any atom is -0.377 e. The number of carbonyl (C=O) groups excluding carboxylic acids is 1. The lowest BCUT2D eigenvalue weighted by atomic mass is 9.69. The zero-order valence-electron chi connectivity index (χ0n) is 22.1. The average Bonchev–Trinajstić information content (AvgIpc) is 3.68. The number of anilines is 1. The number of hydrogen-bond donors (Lipinski definition) is 4. The number of rotatable bonds is 12. The standard InChI is InChI=1S/C30H42ClN3O3/c1-3-5-10-27(28(32)35)34-30(19-37-30)22-8-6-9-24(18-22)33-29(36)25-16-11-20(7-4-2)17-26(25)21-12-14-23(31)15-13-21/h6,8-9,12-15,18,20,25-28,34-35H,3-5,7,10-11,16-17,19,32H2,1-2H3,(H,33,36)/t20?,25-,26+,27-,28?,30?/m0/s1. The molecule has 1 aliphatic carbocycles. The highest BCUT2D eigenvalue weighted by Gasteiger charge is 2.48. The third-order valence-corrected chi connectivity index (χ3v) is 8.27. The van der Waals surface area contributed by atoms with Gasteiger partial charge in [-0.1, -0.05) is 75.4 Å². The van der Waals surface area contributed by atoms with Crippen LogP contribution in [0.5, 0.6) is 0 Å². The molecule has 2 fully saturated rings. The molecule has 1 saturated heterocycles. The van der Waals surface area contributed by atoms with Gasteiger partial charge in [-0.15, -0.1) is 0 Å². The predicted octanol–water partition coefficient (Wildman–Crippen LogP) is 5.89. The van der Waals surface area contributed by atoms with Crippen LogP contribution in [0.15, 0.2) is 48.5 Å². The smallest absolute Gasteiger partial charge is 0.228 e. The maximum Gasteiger partial charge on any atom is 0.228 e. The fraction of sp³-hybridized carbons (Fsp3) is 0.567. The molecule has 37 heavy (non-hydrogen) atoms. The predicted molar refractivity (Wildman–Crippen MR) is 149 cm³/mol. The molecule has 2 aromatic rings. The zero-order valence-corrected chi connectivity index (χ0v) is 22.8. The lowest BCUT2D eigenvalue weighted by molar-refractivity contribution is -0.121. The fourth-order valence-corrected chi connectivity index (χ4v) is 5.99. The summed E-state index contributed by atoms with van der Waals surface area (Å²) in [6.07, 6.45) is 7.14. The third kappa shape index (κ3) is 7.12. The molecule has 6 nitrogen and oxygen atoms in total. The second-order valence-corrected chi connectivity index (χ2v) is 11.2. The van der Waals surface area contributed by atoms with Gasteiger partial charge in [0.1, 0.15) is 6.23 Å². The largest absolute Gasteiger partial charge is 0.377 e. The van der Waals surface area contributed by atoms with E-state index in [0.29, 0.717) is 17.5 Å². The Morgan fingerprint density at radius 2 is 1.95 bits per heavy atom. The number of aliphatic hydroxyl groups excluding tert-OH is 1. The first-order chi connectivity index (χ1) is 17.8. The summed E-state index contributed by atoms with van der Waals surface area (Å²) in [4.78, 5) is 13.6. The van der Waals surface area contributed by atoms with Crippen LogP contribution in [0.2, 0.25) is 5.02 Å². The minimum atomic E-state index is -0.969. The Hall–Kier alpha value is -1.96. The Labute approximate surface area is 226 Å². The molecule has 1 heterocycles. The number of hydrogen-bond acceptors (Lipinski definition) is 5. The van der Waals surface area contributed by atoms with Gasteiger partial charge in [-0.05, 0) is 67.3 Å². The second kappa shape index (κ2) is 12.7. The summed E-state index contributed by atoms with van der Waals surface area (Å²) < 4.78 is 5.84. The Bertz CT molecular complexity index is 1020. The number of nitrogens with one attached hydrogen (secondary N) is 2. The van der Waals surface area contributed by atoms with E-state index < -0.39 is 12.0 Å². The molecule has 7 heteroatoms. The van der Waals surface area contributed by atoms with Gasteiger partial charge in [0.05, 0.1) is 6.61 Å². The summed E-state index contributed by atoms with van der Waals surface area (Å²) in [7, 11) is 0. The number of ether oxygens (including phenoxy) is 1. The summed E-state index contributed by atoms with van der Waals surface area (Å²) in [5, 5.41) is 17.4. The van der Waals surface area contributed by atoms with Crippen LogP contribution in [0.4, 0.5) is 5.69 Å². The molecule has 0 aromatic heterocycles. The van der Waals surface area contributed by atoms with Gasteiger partial charge in [0.25, 0.3) is 0 Å². The van der Waals surface area contributed by atoms with E-state index in [1.807, 2.05) is 36.4 Å². The van der Waals surface area contributed by atoms with Crippen molar-refractivity contribution in [1.29, 1.82) is 0 Å². The Morgan fingerprint density at radius 1 is 1.19 bits per heavy atom. The molecule has 1 aliphatic heterocycles. The molecule has 0 spiro atoms. The molecule has 1 saturated carbocycles. The molecule has 0 bridgehead atoms. The van der Waals surface area contributed by atoms with Crippen molar-refractivity contribution in [2.75, 3.05) is 11.9 Å². The van der Waals surface area contributed by atoms with E-state index in [9.17, 15) is 9.90 Å². The molecule has 202 valence electrons. The van der Waals surface area contributed by atoms with Gasteiger partial charge in [-0.3, -0.25) is 10.1 Å². The number of nitrogens with two attached hydrogens (primary N) is 1. The summed E-state index contributed by atoms with van der Waals surface area (Å²) in [5.74, 6) is 0.794. The Kier molecular flexibility index (Phi) is 9.65. The monoisotopic (exact) mass is 527 g/mol. The molecule has 2 aromatic carbocycles.